The molecule has 0 amide bonds. The molecule has 43 heavy (non-hydrogen) atoms. The van der Waals surface area contributed by atoms with Gasteiger partial charge in [-0.05, 0) is 44.9 Å². The first-order chi connectivity index (χ1) is 21.2. The van der Waals surface area contributed by atoms with Crippen LogP contribution in [0.2, 0.25) is 0 Å². The summed E-state index contributed by atoms with van der Waals surface area (Å²) >= 11 is 0. The highest BCUT2D eigenvalue weighted by Gasteiger charge is 2.26. The third-order valence-electron chi connectivity index (χ3n) is 8.40. The smallest absolute Gasteiger partial charge is 0.287 e. The van der Waals surface area contributed by atoms with Gasteiger partial charge in [-0.3, -0.25) is 13.6 Å². The molecule has 0 fully saturated rings. The maximum atomic E-state index is 13.3. The van der Waals surface area contributed by atoms with E-state index < -0.39 is 7.82 Å². The lowest BCUT2D eigenvalue weighted by atomic mass is 10.1. The van der Waals surface area contributed by atoms with Gasteiger partial charge < -0.3 is 0 Å². The van der Waals surface area contributed by atoms with Crippen LogP contribution in [0.25, 0.3) is 0 Å². The van der Waals surface area contributed by atoms with E-state index in [2.05, 4.69) is 32.9 Å². The van der Waals surface area contributed by atoms with Crippen LogP contribution < -0.4 is 0 Å². The Bertz CT molecular complexity index is 568. The first-order valence-corrected chi connectivity index (χ1v) is 20.8. The molecule has 0 saturated carbocycles. The van der Waals surface area contributed by atoms with Crippen molar-refractivity contribution in [1.29, 1.82) is 0 Å². The highest BCUT2D eigenvalue weighted by molar-refractivity contribution is 7.48. The van der Waals surface area contributed by atoms with Crippen LogP contribution in [0, 0.1) is 0 Å². The van der Waals surface area contributed by atoms with Crippen molar-refractivity contribution in [2.75, 3.05) is 19.8 Å². The average Bonchev–Trinajstić information content (AvgIpc) is 3.01. The fourth-order valence-electron chi connectivity index (χ4n) is 5.46. The third-order valence-corrected chi connectivity index (χ3v) is 9.90. The van der Waals surface area contributed by atoms with Gasteiger partial charge in [-0.25, -0.2) is 4.57 Å². The Balaban J connectivity index is 4.00. The van der Waals surface area contributed by atoms with Crippen molar-refractivity contribution in [3.8, 4) is 0 Å². The van der Waals surface area contributed by atoms with E-state index in [4.69, 9.17) is 13.6 Å². The molecule has 0 bridgehead atoms. The molecular formula is C38H77O4P. The second-order valence-corrected chi connectivity index (χ2v) is 14.5. The molecule has 0 aromatic carbocycles. The van der Waals surface area contributed by atoms with Crippen molar-refractivity contribution < 1.29 is 18.1 Å². The summed E-state index contributed by atoms with van der Waals surface area (Å²) in [4.78, 5) is 0. The first-order valence-electron chi connectivity index (χ1n) is 19.4. The monoisotopic (exact) mass is 629 g/mol. The highest BCUT2D eigenvalue weighted by Crippen LogP contribution is 2.50. The summed E-state index contributed by atoms with van der Waals surface area (Å²) in [6.07, 6.45) is 42.4. The molecule has 0 N–H and O–H groups in total. The van der Waals surface area contributed by atoms with Crippen LogP contribution in [0.15, 0.2) is 12.2 Å². The zero-order valence-corrected chi connectivity index (χ0v) is 30.5. The van der Waals surface area contributed by atoms with Crippen LogP contribution in [0.3, 0.4) is 0 Å². The number of hydrogen-bond donors (Lipinski definition) is 0. The first kappa shape index (κ1) is 42.9. The molecule has 0 saturated heterocycles. The standard InChI is InChI=1S/C38H77O4P/c1-4-7-10-13-16-19-20-21-22-23-24-25-26-29-32-35-38-42-43(39,40-36-33-30-27-17-14-11-8-5-2)41-37-34-31-28-18-15-12-9-6-3/h21-22H,4-20,23-38H2,1-3H3/b22-21-. The molecular weight excluding hydrogens is 551 g/mol. The Hall–Kier alpha value is -0.150. The average molecular weight is 629 g/mol. The van der Waals surface area contributed by atoms with Crippen LogP contribution in [0.4, 0.5) is 0 Å². The lowest BCUT2D eigenvalue weighted by Gasteiger charge is -2.18. The summed E-state index contributed by atoms with van der Waals surface area (Å²) in [5.41, 5.74) is 0. The maximum Gasteiger partial charge on any atom is 0.474 e. The molecule has 0 aliphatic heterocycles. The maximum absolute atomic E-state index is 13.3. The van der Waals surface area contributed by atoms with Crippen molar-refractivity contribution in [2.24, 2.45) is 0 Å². The molecule has 0 radical (unpaired) electrons. The van der Waals surface area contributed by atoms with Crippen molar-refractivity contribution in [2.45, 2.75) is 213 Å². The number of rotatable bonds is 37. The minimum Gasteiger partial charge on any atom is -0.287 e. The predicted octanol–water partition coefficient (Wildman–Crippen LogP) is 14.5. The molecule has 0 unspecified atom stereocenters. The molecule has 0 atom stereocenters. The lowest BCUT2D eigenvalue weighted by Crippen LogP contribution is -2.04. The van der Waals surface area contributed by atoms with Crippen molar-refractivity contribution >= 4 is 7.82 Å². The number of unbranched alkanes of at least 4 members (excludes halogenated alkanes) is 26. The molecule has 0 aliphatic carbocycles. The van der Waals surface area contributed by atoms with Gasteiger partial charge in [0, 0.05) is 0 Å². The highest BCUT2D eigenvalue weighted by atomic mass is 31.2. The van der Waals surface area contributed by atoms with Crippen LogP contribution in [-0.4, -0.2) is 19.8 Å². The van der Waals surface area contributed by atoms with Crippen LogP contribution >= 0.6 is 7.82 Å². The van der Waals surface area contributed by atoms with Crippen LogP contribution in [0.1, 0.15) is 213 Å². The van der Waals surface area contributed by atoms with Gasteiger partial charge in [0.15, 0.2) is 0 Å². The van der Waals surface area contributed by atoms with Crippen LogP contribution in [-0.2, 0) is 18.1 Å². The Morgan fingerprint density at radius 2 is 0.581 bits per heavy atom. The summed E-state index contributed by atoms with van der Waals surface area (Å²) in [5, 5.41) is 0. The van der Waals surface area contributed by atoms with Gasteiger partial charge in [0.25, 0.3) is 0 Å². The molecule has 0 aromatic heterocycles. The summed E-state index contributed by atoms with van der Waals surface area (Å²) < 4.78 is 30.7. The van der Waals surface area contributed by atoms with Gasteiger partial charge in [0.2, 0.25) is 0 Å². The quantitative estimate of drug-likeness (QED) is 0.0390. The van der Waals surface area contributed by atoms with E-state index in [1.54, 1.807) is 0 Å². The summed E-state index contributed by atoms with van der Waals surface area (Å²) in [6, 6.07) is 0. The Morgan fingerprint density at radius 3 is 0.860 bits per heavy atom. The number of phosphoric ester groups is 1. The molecule has 0 aliphatic rings. The third kappa shape index (κ3) is 34.6. The van der Waals surface area contributed by atoms with Crippen LogP contribution in [0.5, 0.6) is 0 Å². The van der Waals surface area contributed by atoms with E-state index in [1.807, 2.05) is 0 Å². The molecule has 0 rings (SSSR count). The van der Waals surface area contributed by atoms with E-state index in [-0.39, 0.29) is 0 Å². The fraction of sp³-hybridized carbons (Fsp3) is 0.947. The minimum atomic E-state index is -3.46. The van der Waals surface area contributed by atoms with E-state index in [9.17, 15) is 4.57 Å². The summed E-state index contributed by atoms with van der Waals surface area (Å²) in [6.45, 7) is 8.20. The number of hydrogen-bond acceptors (Lipinski definition) is 4. The molecule has 0 aromatic rings. The van der Waals surface area contributed by atoms with E-state index in [0.29, 0.717) is 19.8 Å². The number of allylic oxidation sites excluding steroid dienone is 2. The predicted molar refractivity (Wildman–Crippen MR) is 190 cm³/mol. The van der Waals surface area contributed by atoms with Gasteiger partial charge in [0.1, 0.15) is 0 Å². The Morgan fingerprint density at radius 1 is 0.349 bits per heavy atom. The van der Waals surface area contributed by atoms with Gasteiger partial charge in [-0.2, -0.15) is 0 Å². The van der Waals surface area contributed by atoms with Gasteiger partial charge in [-0.15, -0.1) is 0 Å². The van der Waals surface area contributed by atoms with Crippen molar-refractivity contribution in [3.63, 3.8) is 0 Å². The van der Waals surface area contributed by atoms with Gasteiger partial charge in [0.05, 0.1) is 19.8 Å². The molecule has 4 nitrogen and oxygen atoms in total. The Labute approximate surface area is 270 Å². The zero-order valence-electron chi connectivity index (χ0n) is 29.6. The molecule has 258 valence electrons. The second-order valence-electron chi connectivity index (χ2n) is 12.8. The zero-order chi connectivity index (χ0) is 31.4. The van der Waals surface area contributed by atoms with E-state index in [0.717, 1.165) is 38.5 Å². The van der Waals surface area contributed by atoms with E-state index >= 15 is 0 Å². The Kier molecular flexibility index (Phi) is 36.2. The van der Waals surface area contributed by atoms with Gasteiger partial charge in [-0.1, -0.05) is 181 Å². The molecule has 0 heterocycles. The van der Waals surface area contributed by atoms with Crippen molar-refractivity contribution in [1.82, 2.24) is 0 Å². The van der Waals surface area contributed by atoms with Gasteiger partial charge >= 0.3 is 7.82 Å². The number of phosphoric acid groups is 1. The SMILES string of the molecule is CCCCCCCC/C=C\CCCCCCCCOP(=O)(OCCCCCCCCCC)OCCCCCCCCCC. The largest absolute Gasteiger partial charge is 0.474 e. The van der Waals surface area contributed by atoms with Crippen molar-refractivity contribution in [3.05, 3.63) is 12.2 Å². The second kappa shape index (κ2) is 36.3. The minimum absolute atomic E-state index is 0.466. The molecule has 0 spiro atoms. The lowest BCUT2D eigenvalue weighted by molar-refractivity contribution is 0.108. The summed E-state index contributed by atoms with van der Waals surface area (Å²) in [5.74, 6) is 0. The topological polar surface area (TPSA) is 44.8 Å². The molecule has 5 heteroatoms. The summed E-state index contributed by atoms with van der Waals surface area (Å²) in [7, 11) is -3.46. The normalized spacial score (nSPS) is 12.2. The fourth-order valence-corrected chi connectivity index (χ4v) is 6.74. The van der Waals surface area contributed by atoms with E-state index in [1.165, 1.54) is 154 Å².